The first-order valence-corrected chi connectivity index (χ1v) is 13.4. The summed E-state index contributed by atoms with van der Waals surface area (Å²) in [6.07, 6.45) is 5.06. The molecule has 0 aliphatic heterocycles. The zero-order chi connectivity index (χ0) is 26.9. The van der Waals surface area contributed by atoms with Gasteiger partial charge in [-0.15, -0.1) is 0 Å². The number of benzene rings is 2. The van der Waals surface area contributed by atoms with E-state index in [1.807, 2.05) is 30.3 Å². The number of hydrogen-bond donors (Lipinski definition) is 1. The van der Waals surface area contributed by atoms with E-state index in [1.54, 1.807) is 14.2 Å². The van der Waals surface area contributed by atoms with Crippen LogP contribution in [0.1, 0.15) is 49.4 Å². The van der Waals surface area contributed by atoms with Gasteiger partial charge in [0.1, 0.15) is 5.82 Å². The molecular weight excluding hydrogens is 482 g/mol. The molecule has 0 saturated heterocycles. The van der Waals surface area contributed by atoms with Gasteiger partial charge in [0.15, 0.2) is 0 Å². The Morgan fingerprint density at radius 2 is 1.68 bits per heavy atom. The van der Waals surface area contributed by atoms with Gasteiger partial charge >= 0.3 is 5.97 Å². The maximum Gasteiger partial charge on any atom is 0.337 e. The Hall–Kier alpha value is -3.43. The number of nitrogens with zero attached hydrogens (tertiary/aromatic N) is 4. The molecule has 4 rings (SSSR count). The number of carbonyl (C=O) groups is 1. The average Bonchev–Trinajstić information content (AvgIpc) is 3.48. The van der Waals surface area contributed by atoms with Crippen molar-refractivity contribution in [2.24, 2.45) is 0 Å². The second-order valence-electron chi connectivity index (χ2n) is 9.37. The molecule has 0 aliphatic carbocycles. The molecule has 9 heteroatoms. The molecule has 4 aromatic rings. The number of methoxy groups -OCH3 is 3. The van der Waals surface area contributed by atoms with Crippen molar-refractivity contribution in [1.29, 1.82) is 0 Å². The highest BCUT2D eigenvalue weighted by atomic mass is 16.5. The van der Waals surface area contributed by atoms with E-state index in [0.29, 0.717) is 18.8 Å². The van der Waals surface area contributed by atoms with Crippen LogP contribution in [0.5, 0.6) is 0 Å². The number of hydrogen-bond acceptors (Lipinski definition) is 7. The second-order valence-corrected chi connectivity index (χ2v) is 9.37. The average molecular weight is 522 g/mol. The number of ether oxygens (including phenoxy) is 3. The molecule has 0 amide bonds. The van der Waals surface area contributed by atoms with Crippen LogP contribution in [0.2, 0.25) is 0 Å². The number of aromatic nitrogens is 4. The van der Waals surface area contributed by atoms with Crippen LogP contribution in [-0.4, -0.2) is 66.2 Å². The Morgan fingerprint density at radius 1 is 0.895 bits per heavy atom. The summed E-state index contributed by atoms with van der Waals surface area (Å²) in [5.41, 5.74) is 5.25. The fourth-order valence-electron chi connectivity index (χ4n) is 4.83. The summed E-state index contributed by atoms with van der Waals surface area (Å²) in [5, 5.41) is 3.51. The summed E-state index contributed by atoms with van der Waals surface area (Å²) in [4.78, 5) is 22.2. The van der Waals surface area contributed by atoms with Crippen molar-refractivity contribution in [3.05, 3.63) is 42.0 Å². The highest BCUT2D eigenvalue weighted by Gasteiger charge is 2.21. The molecule has 0 spiro atoms. The first kappa shape index (κ1) is 27.6. The van der Waals surface area contributed by atoms with Gasteiger partial charge in [-0.05, 0) is 49.6 Å². The summed E-state index contributed by atoms with van der Waals surface area (Å²) >= 11 is 0. The molecule has 0 unspecified atom stereocenters. The molecule has 38 heavy (non-hydrogen) atoms. The van der Waals surface area contributed by atoms with Crippen LogP contribution in [0.3, 0.4) is 0 Å². The Morgan fingerprint density at radius 3 is 2.45 bits per heavy atom. The molecule has 2 heterocycles. The number of aryl methyl sites for hydroxylation is 2. The molecule has 0 aliphatic rings. The maximum atomic E-state index is 12.2. The third kappa shape index (κ3) is 6.00. The number of imidazole rings is 2. The van der Waals surface area contributed by atoms with Crippen molar-refractivity contribution < 1.29 is 19.0 Å². The molecule has 0 saturated carbocycles. The Labute approximate surface area is 224 Å². The zero-order valence-electron chi connectivity index (χ0n) is 23.0. The number of fused-ring (bicyclic) bond motifs is 2. The van der Waals surface area contributed by atoms with Crippen molar-refractivity contribution in [3.8, 4) is 11.4 Å². The van der Waals surface area contributed by atoms with Crippen molar-refractivity contribution in [3.63, 3.8) is 0 Å². The summed E-state index contributed by atoms with van der Waals surface area (Å²) in [6, 6.07) is 11.8. The SMILES string of the molecule is CCCCCn1c(-c2cccc3nc(NCCCOC)n(CCCOC)c23)nc2cc(C(=O)OC)ccc21. The van der Waals surface area contributed by atoms with Crippen LogP contribution < -0.4 is 5.32 Å². The topological polar surface area (TPSA) is 92.4 Å². The van der Waals surface area contributed by atoms with E-state index in [4.69, 9.17) is 24.2 Å². The molecule has 204 valence electrons. The van der Waals surface area contributed by atoms with E-state index in [-0.39, 0.29) is 5.97 Å². The predicted octanol–water partition coefficient (Wildman–Crippen LogP) is 5.51. The lowest BCUT2D eigenvalue weighted by Gasteiger charge is -2.14. The van der Waals surface area contributed by atoms with E-state index in [9.17, 15) is 4.79 Å². The van der Waals surface area contributed by atoms with Crippen LogP contribution in [0.15, 0.2) is 36.4 Å². The van der Waals surface area contributed by atoms with Crippen LogP contribution in [0, 0.1) is 0 Å². The third-order valence-electron chi connectivity index (χ3n) is 6.70. The maximum absolute atomic E-state index is 12.2. The molecular formula is C29H39N5O4. The molecule has 0 bridgehead atoms. The fourth-order valence-corrected chi connectivity index (χ4v) is 4.83. The van der Waals surface area contributed by atoms with Crippen molar-refractivity contribution in [2.75, 3.05) is 46.4 Å². The number of unbranched alkanes of at least 4 members (excludes halogenated alkanes) is 2. The number of carbonyl (C=O) groups excluding carboxylic acids is 1. The van der Waals surface area contributed by atoms with E-state index >= 15 is 0 Å². The minimum atomic E-state index is -0.364. The number of nitrogens with one attached hydrogen (secondary N) is 1. The van der Waals surface area contributed by atoms with Gasteiger partial charge in [0.05, 0.1) is 34.7 Å². The van der Waals surface area contributed by atoms with Crippen LogP contribution in [0.4, 0.5) is 5.95 Å². The standard InChI is InChI=1S/C29H39N5O4/c1-5-6-7-16-33-25-14-13-21(28(35)38-4)20-24(25)31-27(33)22-11-8-12-23-26(22)34(17-10-19-37-3)29(32-23)30-15-9-18-36-2/h8,11-14,20H,5-7,9-10,15-19H2,1-4H3,(H,30,32). The molecule has 0 fully saturated rings. The molecule has 1 N–H and O–H groups in total. The van der Waals surface area contributed by atoms with Crippen molar-refractivity contribution in [2.45, 2.75) is 52.1 Å². The quantitative estimate of drug-likeness (QED) is 0.163. The van der Waals surface area contributed by atoms with Crippen LogP contribution in [0.25, 0.3) is 33.5 Å². The Bertz CT molecular complexity index is 1360. The second kappa shape index (κ2) is 13.4. The predicted molar refractivity (Wildman–Crippen MR) is 151 cm³/mol. The van der Waals surface area contributed by atoms with Gasteiger partial charge in [0, 0.05) is 52.6 Å². The minimum absolute atomic E-state index is 0.364. The molecule has 2 aromatic heterocycles. The number of para-hydroxylation sites is 1. The number of rotatable bonds is 15. The monoisotopic (exact) mass is 521 g/mol. The van der Waals surface area contributed by atoms with Gasteiger partial charge in [-0.2, -0.15) is 0 Å². The third-order valence-corrected chi connectivity index (χ3v) is 6.70. The summed E-state index contributed by atoms with van der Waals surface area (Å²) in [6.45, 7) is 5.93. The molecule has 0 radical (unpaired) electrons. The van der Waals surface area contributed by atoms with Gasteiger partial charge in [-0.3, -0.25) is 0 Å². The lowest BCUT2D eigenvalue weighted by molar-refractivity contribution is 0.0601. The molecule has 2 aromatic carbocycles. The Kier molecular flexibility index (Phi) is 9.73. The van der Waals surface area contributed by atoms with Gasteiger partial charge in [-0.1, -0.05) is 25.8 Å². The van der Waals surface area contributed by atoms with Crippen LogP contribution >= 0.6 is 0 Å². The molecule has 9 nitrogen and oxygen atoms in total. The van der Waals surface area contributed by atoms with Crippen molar-refractivity contribution in [1.82, 2.24) is 19.1 Å². The lowest BCUT2D eigenvalue weighted by Crippen LogP contribution is -2.12. The lowest BCUT2D eigenvalue weighted by atomic mass is 10.1. The fraction of sp³-hybridized carbons (Fsp3) is 0.483. The first-order chi connectivity index (χ1) is 18.6. The minimum Gasteiger partial charge on any atom is -0.465 e. The summed E-state index contributed by atoms with van der Waals surface area (Å²) in [7, 11) is 4.84. The van der Waals surface area contributed by atoms with E-state index in [0.717, 1.165) is 91.1 Å². The summed E-state index contributed by atoms with van der Waals surface area (Å²) in [5.74, 6) is 1.35. The highest BCUT2D eigenvalue weighted by molar-refractivity contribution is 5.97. The largest absolute Gasteiger partial charge is 0.465 e. The normalized spacial score (nSPS) is 11.5. The van der Waals surface area contributed by atoms with Crippen LogP contribution in [-0.2, 0) is 27.3 Å². The summed E-state index contributed by atoms with van der Waals surface area (Å²) < 4.78 is 20.0. The van der Waals surface area contributed by atoms with Gasteiger partial charge in [-0.25, -0.2) is 14.8 Å². The first-order valence-electron chi connectivity index (χ1n) is 13.4. The number of anilines is 1. The van der Waals surface area contributed by atoms with Gasteiger partial charge in [0.2, 0.25) is 5.95 Å². The van der Waals surface area contributed by atoms with E-state index < -0.39 is 0 Å². The van der Waals surface area contributed by atoms with Gasteiger partial charge < -0.3 is 28.7 Å². The van der Waals surface area contributed by atoms with Gasteiger partial charge in [0.25, 0.3) is 0 Å². The smallest absolute Gasteiger partial charge is 0.337 e. The number of esters is 1. The molecule has 0 atom stereocenters. The van der Waals surface area contributed by atoms with Crippen molar-refractivity contribution >= 4 is 34.0 Å². The van der Waals surface area contributed by atoms with E-state index in [1.165, 1.54) is 7.11 Å². The highest BCUT2D eigenvalue weighted by Crippen LogP contribution is 2.33. The zero-order valence-corrected chi connectivity index (χ0v) is 23.0. The Balaban J connectivity index is 1.86. The van der Waals surface area contributed by atoms with E-state index in [2.05, 4.69) is 27.4 Å².